The Morgan fingerprint density at radius 2 is 1.32 bits per heavy atom. The Labute approximate surface area is 235 Å². The lowest BCUT2D eigenvalue weighted by Crippen LogP contribution is -2.07. The van der Waals surface area contributed by atoms with E-state index in [1.807, 2.05) is 55.5 Å². The molecule has 0 saturated carbocycles. The molecule has 0 aliphatic carbocycles. The summed E-state index contributed by atoms with van der Waals surface area (Å²) in [6.45, 7) is 1.98. The summed E-state index contributed by atoms with van der Waals surface area (Å²) in [4.78, 5) is 24.1. The molecule has 0 saturated heterocycles. The summed E-state index contributed by atoms with van der Waals surface area (Å²) in [6.07, 6.45) is 1.77. The molecule has 0 aliphatic heterocycles. The first-order valence-corrected chi connectivity index (χ1v) is 12.8. The van der Waals surface area contributed by atoms with Crippen molar-refractivity contribution < 1.29 is 4.92 Å². The van der Waals surface area contributed by atoms with Gasteiger partial charge in [-0.3, -0.25) is 10.1 Å². The minimum atomic E-state index is -0.448. The molecule has 10 nitrogen and oxygen atoms in total. The second kappa shape index (κ2) is 11.1. The zero-order valence-corrected chi connectivity index (χ0v) is 21.9. The monoisotopic (exact) mass is 540 g/mol. The van der Waals surface area contributed by atoms with Crippen molar-refractivity contribution in [2.24, 2.45) is 5.10 Å². The van der Waals surface area contributed by atoms with Gasteiger partial charge in [0.2, 0.25) is 17.8 Å². The van der Waals surface area contributed by atoms with Crippen LogP contribution in [0.2, 0.25) is 0 Å². The van der Waals surface area contributed by atoms with E-state index in [1.165, 1.54) is 12.1 Å². The molecular weight excluding hydrogens is 516 g/mol. The van der Waals surface area contributed by atoms with Crippen LogP contribution in [0.25, 0.3) is 21.5 Å². The zero-order valence-electron chi connectivity index (χ0n) is 21.9. The molecule has 5 aromatic carbocycles. The van der Waals surface area contributed by atoms with Gasteiger partial charge in [-0.1, -0.05) is 66.7 Å². The minimum Gasteiger partial charge on any atom is -0.324 e. The Kier molecular flexibility index (Phi) is 6.85. The number of nitro benzene ring substituents is 1. The highest BCUT2D eigenvalue weighted by molar-refractivity contribution is 6.13. The van der Waals surface area contributed by atoms with Crippen molar-refractivity contribution in [2.45, 2.75) is 6.92 Å². The van der Waals surface area contributed by atoms with Crippen molar-refractivity contribution in [3.8, 4) is 0 Å². The van der Waals surface area contributed by atoms with Crippen LogP contribution in [0, 0.1) is 17.0 Å². The normalized spacial score (nSPS) is 11.1. The number of hydrazone groups is 1. The van der Waals surface area contributed by atoms with Crippen molar-refractivity contribution >= 4 is 62.7 Å². The smallest absolute Gasteiger partial charge is 0.269 e. The highest BCUT2D eigenvalue weighted by Crippen LogP contribution is 2.27. The fraction of sp³-hybridized carbons (Fsp3) is 0.0323. The highest BCUT2D eigenvalue weighted by atomic mass is 16.6. The number of benzene rings is 5. The number of nitrogens with zero attached hydrogens (tertiary/aromatic N) is 5. The fourth-order valence-electron chi connectivity index (χ4n) is 4.51. The summed E-state index contributed by atoms with van der Waals surface area (Å²) in [5, 5.41) is 26.2. The number of non-ortho nitro benzene ring substituents is 1. The molecule has 3 N–H and O–H groups in total. The van der Waals surface area contributed by atoms with E-state index >= 15 is 0 Å². The van der Waals surface area contributed by atoms with Crippen LogP contribution in [0.4, 0.5) is 34.9 Å². The summed E-state index contributed by atoms with van der Waals surface area (Å²) in [7, 11) is 0. The van der Waals surface area contributed by atoms with Crippen LogP contribution in [-0.4, -0.2) is 26.1 Å². The number of aryl methyl sites for hydroxylation is 1. The molecule has 0 fully saturated rings. The van der Waals surface area contributed by atoms with Crippen molar-refractivity contribution in [2.75, 3.05) is 16.1 Å². The van der Waals surface area contributed by atoms with Crippen LogP contribution in [0.15, 0.2) is 108 Å². The molecule has 0 aliphatic rings. The van der Waals surface area contributed by atoms with Gasteiger partial charge in [0.15, 0.2) is 0 Å². The molecule has 6 rings (SSSR count). The molecule has 41 heavy (non-hydrogen) atoms. The van der Waals surface area contributed by atoms with Crippen molar-refractivity contribution in [3.63, 3.8) is 0 Å². The number of hydrogen-bond donors (Lipinski definition) is 3. The largest absolute Gasteiger partial charge is 0.324 e. The fourth-order valence-corrected chi connectivity index (χ4v) is 4.51. The van der Waals surface area contributed by atoms with Gasteiger partial charge in [0.1, 0.15) is 0 Å². The molecule has 6 aromatic rings. The Bertz CT molecular complexity index is 1870. The van der Waals surface area contributed by atoms with E-state index in [0.717, 1.165) is 38.4 Å². The van der Waals surface area contributed by atoms with Crippen LogP contribution in [0.3, 0.4) is 0 Å². The molecule has 0 unspecified atom stereocenters. The lowest BCUT2D eigenvalue weighted by Gasteiger charge is -2.11. The summed E-state index contributed by atoms with van der Waals surface area (Å²) >= 11 is 0. The van der Waals surface area contributed by atoms with Gasteiger partial charge in [0.25, 0.3) is 5.69 Å². The average molecular weight is 541 g/mol. The van der Waals surface area contributed by atoms with Crippen molar-refractivity contribution in [1.29, 1.82) is 0 Å². The van der Waals surface area contributed by atoms with Crippen molar-refractivity contribution in [3.05, 3.63) is 124 Å². The number of para-hydroxylation sites is 1. The predicted molar refractivity (Wildman–Crippen MR) is 163 cm³/mol. The maximum Gasteiger partial charge on any atom is 0.269 e. The summed E-state index contributed by atoms with van der Waals surface area (Å²) < 4.78 is 0. The number of fused-ring (bicyclic) bond motifs is 2. The summed E-state index contributed by atoms with van der Waals surface area (Å²) in [6, 6.07) is 32.3. The number of nitro groups is 1. The number of anilines is 5. The third-order valence-corrected chi connectivity index (χ3v) is 6.53. The molecule has 0 spiro atoms. The van der Waals surface area contributed by atoms with E-state index in [2.05, 4.69) is 66.4 Å². The van der Waals surface area contributed by atoms with Gasteiger partial charge in [0, 0.05) is 29.1 Å². The summed E-state index contributed by atoms with van der Waals surface area (Å²) in [5.41, 5.74) is 6.37. The Morgan fingerprint density at radius 3 is 1.98 bits per heavy atom. The minimum absolute atomic E-state index is 0.00856. The molecule has 1 heterocycles. The van der Waals surface area contributed by atoms with Crippen LogP contribution in [0.5, 0.6) is 0 Å². The van der Waals surface area contributed by atoms with E-state index in [9.17, 15) is 10.1 Å². The van der Waals surface area contributed by atoms with Crippen LogP contribution in [0.1, 0.15) is 11.1 Å². The van der Waals surface area contributed by atoms with Gasteiger partial charge in [0.05, 0.1) is 11.1 Å². The molecule has 0 bridgehead atoms. The average Bonchev–Trinajstić information content (AvgIpc) is 2.98. The van der Waals surface area contributed by atoms with Crippen molar-refractivity contribution in [1.82, 2.24) is 15.0 Å². The molecule has 10 heteroatoms. The van der Waals surface area contributed by atoms with Crippen LogP contribution < -0.4 is 16.1 Å². The molecular formula is C31H24N8O2. The highest BCUT2D eigenvalue weighted by Gasteiger charge is 2.11. The van der Waals surface area contributed by atoms with Crippen LogP contribution >= 0.6 is 0 Å². The zero-order chi connectivity index (χ0) is 28.2. The first kappa shape index (κ1) is 25.4. The second-order valence-electron chi connectivity index (χ2n) is 9.28. The lowest BCUT2D eigenvalue weighted by molar-refractivity contribution is -0.384. The second-order valence-corrected chi connectivity index (χ2v) is 9.28. The molecule has 200 valence electrons. The quantitative estimate of drug-likeness (QED) is 0.0792. The predicted octanol–water partition coefficient (Wildman–Crippen LogP) is 7.33. The van der Waals surface area contributed by atoms with Gasteiger partial charge in [-0.25, -0.2) is 5.43 Å². The topological polar surface area (TPSA) is 130 Å². The van der Waals surface area contributed by atoms with E-state index < -0.39 is 4.92 Å². The maximum absolute atomic E-state index is 11.0. The van der Waals surface area contributed by atoms with Gasteiger partial charge < -0.3 is 10.6 Å². The molecule has 1 aromatic heterocycles. The lowest BCUT2D eigenvalue weighted by atomic mass is 9.97. The Balaban J connectivity index is 1.34. The third kappa shape index (κ3) is 5.62. The van der Waals surface area contributed by atoms with E-state index in [-0.39, 0.29) is 17.6 Å². The number of rotatable bonds is 8. The number of hydrogen-bond acceptors (Lipinski definition) is 9. The van der Waals surface area contributed by atoms with E-state index in [1.54, 1.807) is 18.3 Å². The third-order valence-electron chi connectivity index (χ3n) is 6.53. The standard InChI is InChI=1S/C31H24N8O2/c1-20-8-2-7-13-28(20)34-30-35-29(33-23-14-16-24(17-15-23)39(40)41)36-31(37-30)38-32-19-27-25-11-5-3-9-21(25)18-22-10-4-6-12-26(22)27/h2-19H,1H3,(H3,33,34,35,36,37,38)/b32-19+. The van der Waals surface area contributed by atoms with Crippen LogP contribution in [-0.2, 0) is 0 Å². The number of nitrogens with one attached hydrogen (secondary N) is 3. The van der Waals surface area contributed by atoms with E-state index in [4.69, 9.17) is 0 Å². The SMILES string of the molecule is Cc1ccccc1Nc1nc(N/N=C/c2c3ccccc3cc3ccccc23)nc(Nc2ccc([N+](=O)[O-])cc2)n1. The summed E-state index contributed by atoms with van der Waals surface area (Å²) in [5.74, 6) is 0.742. The molecule has 0 atom stereocenters. The first-order valence-electron chi connectivity index (χ1n) is 12.8. The van der Waals surface area contributed by atoms with Gasteiger partial charge in [-0.2, -0.15) is 20.1 Å². The van der Waals surface area contributed by atoms with E-state index in [0.29, 0.717) is 11.6 Å². The number of aromatic nitrogens is 3. The Morgan fingerprint density at radius 1 is 0.732 bits per heavy atom. The Hall–Kier alpha value is -5.90. The molecule has 0 amide bonds. The van der Waals surface area contributed by atoms with Gasteiger partial charge in [-0.05, 0) is 58.3 Å². The molecule has 0 radical (unpaired) electrons. The van der Waals surface area contributed by atoms with Gasteiger partial charge >= 0.3 is 0 Å². The maximum atomic E-state index is 11.0. The van der Waals surface area contributed by atoms with Gasteiger partial charge in [-0.15, -0.1) is 0 Å². The first-order chi connectivity index (χ1) is 20.0.